The minimum absolute atomic E-state index is 0.401. The van der Waals surface area contributed by atoms with Gasteiger partial charge in [0, 0.05) is 25.1 Å². The molecule has 0 bridgehead atoms. The molecule has 4 heteroatoms. The van der Waals surface area contributed by atoms with Gasteiger partial charge in [0.2, 0.25) is 0 Å². The Hall–Kier alpha value is -1.81. The Morgan fingerprint density at radius 2 is 2.10 bits per heavy atom. The maximum Gasteiger partial charge on any atom is 0.0745 e. The first-order chi connectivity index (χ1) is 9.69. The molecule has 0 spiro atoms. The molecule has 108 valence electrons. The van der Waals surface area contributed by atoms with E-state index < -0.39 is 0 Å². The highest BCUT2D eigenvalue weighted by atomic mass is 16.5. The lowest BCUT2D eigenvalue weighted by molar-refractivity contribution is 0.203. The maximum absolute atomic E-state index is 6.21. The number of para-hydroxylation sites is 1. The monoisotopic (exact) mass is 273 g/mol. The molecule has 2 aromatic rings. The van der Waals surface area contributed by atoms with Gasteiger partial charge >= 0.3 is 0 Å². The molecule has 1 atom stereocenters. The van der Waals surface area contributed by atoms with Crippen LogP contribution in [-0.4, -0.2) is 31.3 Å². The summed E-state index contributed by atoms with van der Waals surface area (Å²) >= 11 is 0. The third kappa shape index (κ3) is 2.85. The number of nitrogen functional groups attached to an aromatic ring is 1. The summed E-state index contributed by atoms with van der Waals surface area (Å²) in [5.41, 5.74) is 8.97. The van der Waals surface area contributed by atoms with Crippen LogP contribution in [0.5, 0.6) is 0 Å². The average Bonchev–Trinajstić information content (AvgIpc) is 2.48. The summed E-state index contributed by atoms with van der Waals surface area (Å²) < 4.78 is 5.24. The van der Waals surface area contributed by atoms with Gasteiger partial charge in [-0.15, -0.1) is 0 Å². The summed E-state index contributed by atoms with van der Waals surface area (Å²) in [5.74, 6) is 0. The Balaban J connectivity index is 2.53. The minimum atomic E-state index is 0.401. The Bertz CT molecular complexity index is 571. The van der Waals surface area contributed by atoms with E-state index in [2.05, 4.69) is 29.8 Å². The molecule has 1 aromatic heterocycles. The number of aromatic nitrogens is 1. The van der Waals surface area contributed by atoms with Crippen molar-refractivity contribution in [2.45, 2.75) is 26.3 Å². The smallest absolute Gasteiger partial charge is 0.0745 e. The van der Waals surface area contributed by atoms with Crippen molar-refractivity contribution in [3.05, 3.63) is 30.5 Å². The molecule has 0 aliphatic heterocycles. The van der Waals surface area contributed by atoms with Crippen molar-refractivity contribution < 1.29 is 4.74 Å². The van der Waals surface area contributed by atoms with E-state index in [9.17, 15) is 0 Å². The lowest BCUT2D eigenvalue weighted by Gasteiger charge is -2.32. The number of methoxy groups -OCH3 is 1. The van der Waals surface area contributed by atoms with Gasteiger partial charge in [0.1, 0.15) is 0 Å². The van der Waals surface area contributed by atoms with Gasteiger partial charge in [-0.25, -0.2) is 0 Å². The van der Waals surface area contributed by atoms with E-state index in [-0.39, 0.29) is 0 Å². The summed E-state index contributed by atoms with van der Waals surface area (Å²) in [7, 11) is 1.73. The van der Waals surface area contributed by atoms with Crippen LogP contribution in [0.2, 0.25) is 0 Å². The van der Waals surface area contributed by atoms with Crippen molar-refractivity contribution in [1.29, 1.82) is 0 Å². The largest absolute Gasteiger partial charge is 0.396 e. The molecule has 20 heavy (non-hydrogen) atoms. The fourth-order valence-electron chi connectivity index (χ4n) is 2.43. The number of benzene rings is 1. The number of fused-ring (bicyclic) bond motifs is 1. The van der Waals surface area contributed by atoms with Crippen LogP contribution in [-0.2, 0) is 4.74 Å². The second-order valence-electron chi connectivity index (χ2n) is 5.02. The Morgan fingerprint density at radius 3 is 2.80 bits per heavy atom. The van der Waals surface area contributed by atoms with Gasteiger partial charge in [0.15, 0.2) is 0 Å². The third-order valence-corrected chi connectivity index (χ3v) is 3.72. The first-order valence-electron chi connectivity index (χ1n) is 7.07. The summed E-state index contributed by atoms with van der Waals surface area (Å²) in [5, 5.41) is 1.10. The molecule has 0 aliphatic carbocycles. The quantitative estimate of drug-likeness (QED) is 0.878. The van der Waals surface area contributed by atoms with E-state index in [0.29, 0.717) is 12.6 Å². The van der Waals surface area contributed by atoms with Gasteiger partial charge in [0.25, 0.3) is 0 Å². The van der Waals surface area contributed by atoms with Gasteiger partial charge in [0.05, 0.1) is 29.7 Å². The highest BCUT2D eigenvalue weighted by molar-refractivity contribution is 5.97. The Labute approximate surface area is 120 Å². The van der Waals surface area contributed by atoms with Crippen molar-refractivity contribution in [3.63, 3.8) is 0 Å². The highest BCUT2D eigenvalue weighted by Crippen LogP contribution is 2.33. The summed E-state index contributed by atoms with van der Waals surface area (Å²) in [6.45, 7) is 5.90. The van der Waals surface area contributed by atoms with E-state index in [1.165, 1.54) is 0 Å². The van der Waals surface area contributed by atoms with Gasteiger partial charge in [-0.1, -0.05) is 25.1 Å². The molecule has 4 nitrogen and oxygen atoms in total. The van der Waals surface area contributed by atoms with Crippen molar-refractivity contribution in [2.75, 3.05) is 30.9 Å². The number of nitrogens with zero attached hydrogens (tertiary/aromatic N) is 2. The molecule has 0 saturated heterocycles. The number of ether oxygens (including phenoxy) is 1. The first-order valence-corrected chi connectivity index (χ1v) is 7.07. The predicted molar refractivity (Wildman–Crippen MR) is 85.1 cm³/mol. The molecule has 0 amide bonds. The SMILES string of the molecule is CCC(C)N(CCOC)c1c(N)cnc2ccccc12. The molecule has 0 radical (unpaired) electrons. The van der Waals surface area contributed by atoms with Crippen LogP contribution in [0.25, 0.3) is 10.9 Å². The van der Waals surface area contributed by atoms with Crippen LogP contribution in [0.3, 0.4) is 0 Å². The number of pyridine rings is 1. The van der Waals surface area contributed by atoms with E-state index in [4.69, 9.17) is 10.5 Å². The lowest BCUT2D eigenvalue weighted by atomic mass is 10.1. The van der Waals surface area contributed by atoms with Crippen molar-refractivity contribution >= 4 is 22.3 Å². The molecule has 0 saturated carbocycles. The maximum atomic E-state index is 6.21. The fourth-order valence-corrected chi connectivity index (χ4v) is 2.43. The third-order valence-electron chi connectivity index (χ3n) is 3.72. The zero-order chi connectivity index (χ0) is 14.5. The number of rotatable bonds is 6. The molecular weight excluding hydrogens is 250 g/mol. The first kappa shape index (κ1) is 14.6. The van der Waals surface area contributed by atoms with E-state index in [1.807, 2.05) is 18.2 Å². The van der Waals surface area contributed by atoms with E-state index >= 15 is 0 Å². The molecule has 2 rings (SSSR count). The second kappa shape index (κ2) is 6.57. The predicted octanol–water partition coefficient (Wildman–Crippen LogP) is 3.07. The van der Waals surface area contributed by atoms with Crippen LogP contribution in [0.4, 0.5) is 11.4 Å². The van der Waals surface area contributed by atoms with Gasteiger partial charge < -0.3 is 15.4 Å². The van der Waals surface area contributed by atoms with E-state index in [0.717, 1.165) is 35.2 Å². The Kier molecular flexibility index (Phi) is 4.79. The summed E-state index contributed by atoms with van der Waals surface area (Å²) in [6.07, 6.45) is 2.81. The number of hydrogen-bond acceptors (Lipinski definition) is 4. The molecule has 2 N–H and O–H groups in total. The van der Waals surface area contributed by atoms with Crippen molar-refractivity contribution in [2.24, 2.45) is 0 Å². The van der Waals surface area contributed by atoms with Crippen LogP contribution in [0.15, 0.2) is 30.5 Å². The van der Waals surface area contributed by atoms with Gasteiger partial charge in [-0.05, 0) is 19.4 Å². The number of nitrogens with two attached hydrogens (primary N) is 1. The molecule has 0 fully saturated rings. The standard InChI is InChI=1S/C16H23N3O/c1-4-12(2)19(9-10-20-3)16-13-7-5-6-8-15(13)18-11-14(16)17/h5-8,11-12H,4,9-10,17H2,1-3H3. The van der Waals surface area contributed by atoms with Crippen LogP contribution in [0.1, 0.15) is 20.3 Å². The molecular formula is C16H23N3O. The lowest BCUT2D eigenvalue weighted by Crippen LogP contribution is -2.36. The average molecular weight is 273 g/mol. The zero-order valence-corrected chi connectivity index (χ0v) is 12.5. The summed E-state index contributed by atoms with van der Waals surface area (Å²) in [4.78, 5) is 6.73. The molecule has 1 aromatic carbocycles. The van der Waals surface area contributed by atoms with Crippen molar-refractivity contribution in [1.82, 2.24) is 4.98 Å². The number of anilines is 2. The van der Waals surface area contributed by atoms with Crippen LogP contribution < -0.4 is 10.6 Å². The van der Waals surface area contributed by atoms with Gasteiger partial charge in [-0.3, -0.25) is 4.98 Å². The second-order valence-corrected chi connectivity index (χ2v) is 5.02. The van der Waals surface area contributed by atoms with Crippen molar-refractivity contribution in [3.8, 4) is 0 Å². The highest BCUT2D eigenvalue weighted by Gasteiger charge is 2.18. The van der Waals surface area contributed by atoms with Crippen LogP contribution in [0, 0.1) is 0 Å². The molecule has 1 unspecified atom stereocenters. The van der Waals surface area contributed by atoms with Gasteiger partial charge in [-0.2, -0.15) is 0 Å². The summed E-state index contributed by atoms with van der Waals surface area (Å²) in [6, 6.07) is 8.52. The Morgan fingerprint density at radius 1 is 1.35 bits per heavy atom. The topological polar surface area (TPSA) is 51.4 Å². The zero-order valence-electron chi connectivity index (χ0n) is 12.5. The van der Waals surface area contributed by atoms with Crippen LogP contribution >= 0.6 is 0 Å². The molecule has 1 heterocycles. The molecule has 0 aliphatic rings. The normalized spacial score (nSPS) is 12.6. The number of hydrogen-bond donors (Lipinski definition) is 1. The fraction of sp³-hybridized carbons (Fsp3) is 0.438. The van der Waals surface area contributed by atoms with E-state index in [1.54, 1.807) is 13.3 Å². The minimum Gasteiger partial charge on any atom is -0.396 e.